The third-order valence-electron chi connectivity index (χ3n) is 3.88. The van der Waals surface area contributed by atoms with Gasteiger partial charge >= 0.3 is 6.18 Å². The smallest absolute Gasteiger partial charge is 0.315 e. The summed E-state index contributed by atoms with van der Waals surface area (Å²) in [5.41, 5.74) is 0.352. The lowest BCUT2D eigenvalue weighted by atomic mass is 9.79. The fraction of sp³-hybridized carbons (Fsp3) is 0.533. The van der Waals surface area contributed by atoms with Gasteiger partial charge in [0.1, 0.15) is 5.41 Å². The fourth-order valence-corrected chi connectivity index (χ4v) is 2.86. The molecule has 0 spiro atoms. The van der Waals surface area contributed by atoms with Crippen LogP contribution in [0.4, 0.5) is 13.2 Å². The molecule has 1 N–H and O–H groups in total. The van der Waals surface area contributed by atoms with E-state index in [9.17, 15) is 18.0 Å². The van der Waals surface area contributed by atoms with Crippen molar-refractivity contribution >= 4 is 5.78 Å². The highest BCUT2D eigenvalue weighted by Gasteiger charge is 2.60. The van der Waals surface area contributed by atoms with Gasteiger partial charge in [-0.15, -0.1) is 0 Å². The van der Waals surface area contributed by atoms with Crippen molar-refractivity contribution in [3.63, 3.8) is 0 Å². The lowest BCUT2D eigenvalue weighted by Gasteiger charge is -2.29. The lowest BCUT2D eigenvalue weighted by Crippen LogP contribution is -2.47. The Bertz CT molecular complexity index is 496. The first-order valence-corrected chi connectivity index (χ1v) is 6.62. The summed E-state index contributed by atoms with van der Waals surface area (Å²) in [5.74, 6) is -0.736. The summed E-state index contributed by atoms with van der Waals surface area (Å²) in [5, 5.41) is 2.67. The van der Waals surface area contributed by atoms with Gasteiger partial charge in [-0.2, -0.15) is 13.2 Å². The minimum atomic E-state index is -4.49. The Morgan fingerprint density at radius 2 is 1.85 bits per heavy atom. The Balaban J connectivity index is 2.26. The molecule has 1 atom stereocenters. The van der Waals surface area contributed by atoms with Crippen LogP contribution in [0.5, 0.6) is 0 Å². The van der Waals surface area contributed by atoms with Crippen molar-refractivity contribution in [2.75, 3.05) is 13.1 Å². The van der Waals surface area contributed by atoms with Gasteiger partial charge in [0.05, 0.1) is 0 Å². The molecule has 0 bridgehead atoms. The van der Waals surface area contributed by atoms with Crippen LogP contribution in [0.3, 0.4) is 0 Å². The van der Waals surface area contributed by atoms with Crippen molar-refractivity contribution < 1.29 is 18.0 Å². The number of carbonyl (C=O) groups is 1. The molecule has 0 saturated carbocycles. The van der Waals surface area contributed by atoms with Gasteiger partial charge < -0.3 is 5.32 Å². The minimum Gasteiger partial charge on any atom is -0.315 e. The summed E-state index contributed by atoms with van der Waals surface area (Å²) in [6, 6.07) is 5.49. The predicted octanol–water partition coefficient (Wildman–Crippen LogP) is 2.96. The van der Waals surface area contributed by atoms with Gasteiger partial charge in [0.25, 0.3) is 0 Å². The van der Waals surface area contributed by atoms with E-state index in [0.717, 1.165) is 11.1 Å². The van der Waals surface area contributed by atoms with Crippen LogP contribution in [0.1, 0.15) is 23.1 Å². The van der Waals surface area contributed by atoms with E-state index in [1.54, 1.807) is 12.1 Å². The fourth-order valence-electron chi connectivity index (χ4n) is 2.86. The summed E-state index contributed by atoms with van der Waals surface area (Å²) in [7, 11) is 0. The van der Waals surface area contributed by atoms with Crippen LogP contribution >= 0.6 is 0 Å². The van der Waals surface area contributed by atoms with Crippen molar-refractivity contribution in [1.82, 2.24) is 5.32 Å². The SMILES string of the molecule is Cc1cc(C)cc(CC(=O)C2(C(F)(F)F)CCNC2)c1. The average Bonchev–Trinajstić information content (AvgIpc) is 2.76. The third-order valence-corrected chi connectivity index (χ3v) is 3.88. The second-order valence-electron chi connectivity index (χ2n) is 5.60. The monoisotopic (exact) mass is 285 g/mol. The summed E-state index contributed by atoms with van der Waals surface area (Å²) in [4.78, 5) is 12.2. The molecule has 20 heavy (non-hydrogen) atoms. The summed E-state index contributed by atoms with van der Waals surface area (Å²) < 4.78 is 39.8. The average molecular weight is 285 g/mol. The third kappa shape index (κ3) is 2.73. The molecule has 1 aliphatic rings. The molecule has 1 heterocycles. The Morgan fingerprint density at radius 1 is 1.25 bits per heavy atom. The van der Waals surface area contributed by atoms with Gasteiger partial charge in [-0.3, -0.25) is 4.79 Å². The van der Waals surface area contributed by atoms with Crippen molar-refractivity contribution in [1.29, 1.82) is 0 Å². The van der Waals surface area contributed by atoms with Gasteiger partial charge in [-0.05, 0) is 32.4 Å². The molecule has 1 aromatic carbocycles. The van der Waals surface area contributed by atoms with E-state index in [-0.39, 0.29) is 25.9 Å². The molecule has 0 radical (unpaired) electrons. The first-order valence-electron chi connectivity index (χ1n) is 6.62. The van der Waals surface area contributed by atoms with Crippen LogP contribution < -0.4 is 5.32 Å². The van der Waals surface area contributed by atoms with Gasteiger partial charge in [0.15, 0.2) is 5.78 Å². The highest BCUT2D eigenvalue weighted by atomic mass is 19.4. The van der Waals surface area contributed by atoms with Crippen LogP contribution in [-0.2, 0) is 11.2 Å². The number of hydrogen-bond acceptors (Lipinski definition) is 2. The predicted molar refractivity (Wildman–Crippen MR) is 70.6 cm³/mol. The molecule has 0 aliphatic carbocycles. The lowest BCUT2D eigenvalue weighted by molar-refractivity contribution is -0.214. The molecule has 0 aromatic heterocycles. The summed E-state index contributed by atoms with van der Waals surface area (Å²) >= 11 is 0. The standard InChI is InChI=1S/C15H18F3NO/c1-10-5-11(2)7-12(6-10)8-13(20)14(15(16,17)18)3-4-19-9-14/h5-7,19H,3-4,8-9H2,1-2H3. The van der Waals surface area contributed by atoms with Crippen LogP contribution in [0.25, 0.3) is 0 Å². The molecule has 2 rings (SSSR count). The number of rotatable bonds is 3. The topological polar surface area (TPSA) is 29.1 Å². The molecule has 1 saturated heterocycles. The van der Waals surface area contributed by atoms with E-state index in [1.165, 1.54) is 0 Å². The van der Waals surface area contributed by atoms with Crippen LogP contribution in [0.15, 0.2) is 18.2 Å². The van der Waals surface area contributed by atoms with Crippen LogP contribution in [0, 0.1) is 19.3 Å². The van der Waals surface area contributed by atoms with E-state index in [0.29, 0.717) is 5.56 Å². The summed E-state index contributed by atoms with van der Waals surface area (Å²) in [6.07, 6.45) is -4.82. The molecule has 1 unspecified atom stereocenters. The van der Waals surface area contributed by atoms with Gasteiger partial charge in [0, 0.05) is 13.0 Å². The van der Waals surface area contributed by atoms with E-state index in [4.69, 9.17) is 0 Å². The van der Waals surface area contributed by atoms with Crippen molar-refractivity contribution in [2.45, 2.75) is 32.9 Å². The molecular formula is C15H18F3NO. The zero-order valence-corrected chi connectivity index (χ0v) is 11.6. The molecule has 1 fully saturated rings. The first kappa shape index (κ1) is 15.0. The number of aryl methyl sites for hydroxylation is 2. The molecule has 5 heteroatoms. The first-order chi connectivity index (χ1) is 9.24. The Kier molecular flexibility index (Phi) is 3.91. The number of hydrogen-bond donors (Lipinski definition) is 1. The zero-order chi connectivity index (χ0) is 15.0. The molecular weight excluding hydrogens is 267 g/mol. The second-order valence-corrected chi connectivity index (χ2v) is 5.60. The van der Waals surface area contributed by atoms with E-state index in [1.807, 2.05) is 19.9 Å². The normalized spacial score (nSPS) is 23.1. The van der Waals surface area contributed by atoms with Crippen LogP contribution in [-0.4, -0.2) is 25.0 Å². The Labute approximate surface area is 116 Å². The molecule has 1 aromatic rings. The quantitative estimate of drug-likeness (QED) is 0.925. The highest BCUT2D eigenvalue weighted by molar-refractivity contribution is 5.88. The number of Topliss-reactive ketones (excluding diaryl/α,β-unsaturated/α-hetero) is 1. The van der Waals surface area contributed by atoms with E-state index < -0.39 is 17.4 Å². The maximum absolute atomic E-state index is 13.3. The second kappa shape index (κ2) is 5.20. The molecule has 2 nitrogen and oxygen atoms in total. The number of halogens is 3. The van der Waals surface area contributed by atoms with Crippen molar-refractivity contribution in [2.24, 2.45) is 5.41 Å². The number of nitrogens with one attached hydrogen (secondary N) is 1. The maximum Gasteiger partial charge on any atom is 0.402 e. The Hall–Kier alpha value is -1.36. The zero-order valence-electron chi connectivity index (χ0n) is 11.6. The molecule has 1 aliphatic heterocycles. The van der Waals surface area contributed by atoms with Gasteiger partial charge in [-0.25, -0.2) is 0 Å². The van der Waals surface area contributed by atoms with Gasteiger partial charge in [0.2, 0.25) is 0 Å². The largest absolute Gasteiger partial charge is 0.402 e. The number of ketones is 1. The van der Waals surface area contributed by atoms with Crippen molar-refractivity contribution in [3.8, 4) is 0 Å². The number of carbonyl (C=O) groups excluding carboxylic acids is 1. The van der Waals surface area contributed by atoms with Crippen molar-refractivity contribution in [3.05, 3.63) is 34.9 Å². The Morgan fingerprint density at radius 3 is 2.30 bits per heavy atom. The summed E-state index contributed by atoms with van der Waals surface area (Å²) in [6.45, 7) is 3.67. The minimum absolute atomic E-state index is 0.163. The van der Waals surface area contributed by atoms with E-state index >= 15 is 0 Å². The van der Waals surface area contributed by atoms with Gasteiger partial charge in [-0.1, -0.05) is 29.3 Å². The highest BCUT2D eigenvalue weighted by Crippen LogP contribution is 2.44. The van der Waals surface area contributed by atoms with Crippen LogP contribution in [0.2, 0.25) is 0 Å². The van der Waals surface area contributed by atoms with E-state index in [2.05, 4.69) is 5.32 Å². The number of alkyl halides is 3. The number of benzene rings is 1. The maximum atomic E-state index is 13.3. The molecule has 110 valence electrons. The molecule has 0 amide bonds.